The molecule has 3 aromatic rings. The van der Waals surface area contributed by atoms with E-state index in [1.54, 1.807) is 13.3 Å². The van der Waals surface area contributed by atoms with Crippen molar-refractivity contribution in [1.29, 1.82) is 0 Å². The van der Waals surface area contributed by atoms with E-state index in [1.807, 2.05) is 56.0 Å². The summed E-state index contributed by atoms with van der Waals surface area (Å²) in [5.74, 6) is 0.664. The molecule has 0 aliphatic rings. The van der Waals surface area contributed by atoms with Gasteiger partial charge in [0.05, 0.1) is 30.6 Å². The van der Waals surface area contributed by atoms with Crippen molar-refractivity contribution in [2.24, 2.45) is 0 Å². The summed E-state index contributed by atoms with van der Waals surface area (Å²) in [6.45, 7) is 6.43. The summed E-state index contributed by atoms with van der Waals surface area (Å²) in [4.78, 5) is 19.6. The first kappa shape index (κ1) is 20.8. The second kappa shape index (κ2) is 8.61. The molecule has 1 N–H and O–H groups in total. The predicted octanol–water partition coefficient (Wildman–Crippen LogP) is 3.36. The van der Waals surface area contributed by atoms with E-state index < -0.39 is 0 Å². The predicted molar refractivity (Wildman–Crippen MR) is 114 cm³/mol. The zero-order valence-electron chi connectivity index (χ0n) is 17.9. The van der Waals surface area contributed by atoms with Crippen LogP contribution in [-0.2, 0) is 0 Å². The van der Waals surface area contributed by atoms with Crippen molar-refractivity contribution in [3.8, 4) is 5.75 Å². The molecule has 7 nitrogen and oxygen atoms in total. The largest absolute Gasteiger partial charge is 0.496 e. The van der Waals surface area contributed by atoms with Crippen LogP contribution in [0.25, 0.3) is 11.0 Å². The van der Waals surface area contributed by atoms with Gasteiger partial charge in [-0.15, -0.1) is 0 Å². The number of para-hydroxylation sites is 1. The lowest BCUT2D eigenvalue weighted by atomic mass is 10.0. The van der Waals surface area contributed by atoms with Crippen LogP contribution in [0, 0.1) is 6.92 Å². The molecular weight excluding hydrogens is 366 g/mol. The number of aromatic nitrogens is 3. The van der Waals surface area contributed by atoms with Gasteiger partial charge in [-0.2, -0.15) is 5.10 Å². The van der Waals surface area contributed by atoms with Gasteiger partial charge in [-0.25, -0.2) is 9.67 Å². The Bertz CT molecular complexity index is 1010. The molecule has 1 unspecified atom stereocenters. The summed E-state index contributed by atoms with van der Waals surface area (Å²) in [6.07, 6.45) is 1.76. The van der Waals surface area contributed by atoms with Crippen LogP contribution in [0.1, 0.15) is 47.5 Å². The van der Waals surface area contributed by atoms with Gasteiger partial charge in [0.1, 0.15) is 5.75 Å². The summed E-state index contributed by atoms with van der Waals surface area (Å²) >= 11 is 0. The molecule has 0 spiro atoms. The number of pyridine rings is 1. The van der Waals surface area contributed by atoms with Gasteiger partial charge in [-0.3, -0.25) is 4.79 Å². The summed E-state index contributed by atoms with van der Waals surface area (Å²) in [6, 6.07) is 9.93. The molecule has 0 radical (unpaired) electrons. The molecular formula is C22H29N5O2. The summed E-state index contributed by atoms with van der Waals surface area (Å²) in [5.41, 5.74) is 3.09. The van der Waals surface area contributed by atoms with E-state index in [-0.39, 0.29) is 18.0 Å². The fourth-order valence-electron chi connectivity index (χ4n) is 3.47. The van der Waals surface area contributed by atoms with Crippen molar-refractivity contribution in [1.82, 2.24) is 25.0 Å². The Morgan fingerprint density at radius 3 is 2.66 bits per heavy atom. The molecule has 2 aromatic heterocycles. The lowest BCUT2D eigenvalue weighted by Crippen LogP contribution is -2.35. The number of amides is 1. The number of fused-ring (bicyclic) bond motifs is 1. The van der Waals surface area contributed by atoms with E-state index in [2.05, 4.69) is 34.1 Å². The third-order valence-electron chi connectivity index (χ3n) is 5.07. The molecule has 1 aromatic carbocycles. The van der Waals surface area contributed by atoms with E-state index in [9.17, 15) is 4.79 Å². The van der Waals surface area contributed by atoms with E-state index in [4.69, 9.17) is 4.74 Å². The van der Waals surface area contributed by atoms with Crippen LogP contribution in [0.15, 0.2) is 36.5 Å². The van der Waals surface area contributed by atoms with Crippen LogP contribution in [0.4, 0.5) is 0 Å². The first-order valence-electron chi connectivity index (χ1n) is 9.75. The number of carbonyl (C=O) groups is 1. The molecule has 2 heterocycles. The standard InChI is InChI=1S/C22H29N5O2/c1-14(2)27-21-16(12-24-27)11-18(15(3)25-21)22(28)23-13-19(26(4)5)17-9-7-8-10-20(17)29-6/h7-12,14,19H,13H2,1-6H3,(H,23,28). The van der Waals surface area contributed by atoms with E-state index >= 15 is 0 Å². The first-order chi connectivity index (χ1) is 13.8. The van der Waals surface area contributed by atoms with Crippen molar-refractivity contribution in [2.45, 2.75) is 32.9 Å². The quantitative estimate of drug-likeness (QED) is 0.664. The first-order valence-corrected chi connectivity index (χ1v) is 9.75. The molecule has 0 bridgehead atoms. The van der Waals surface area contributed by atoms with Crippen molar-refractivity contribution >= 4 is 16.9 Å². The van der Waals surface area contributed by atoms with Gasteiger partial charge in [0, 0.05) is 23.5 Å². The number of carbonyl (C=O) groups excluding carboxylic acids is 1. The highest BCUT2D eigenvalue weighted by molar-refractivity contribution is 5.98. The van der Waals surface area contributed by atoms with Crippen LogP contribution < -0.4 is 10.1 Å². The zero-order chi connectivity index (χ0) is 21.1. The minimum atomic E-state index is -0.143. The molecule has 3 rings (SSSR count). The second-order valence-electron chi connectivity index (χ2n) is 7.65. The van der Waals surface area contributed by atoms with Crippen molar-refractivity contribution in [2.75, 3.05) is 27.7 Å². The Hall–Kier alpha value is -2.93. The number of likely N-dealkylation sites (N-methyl/N-ethyl adjacent to an activating group) is 1. The fourth-order valence-corrected chi connectivity index (χ4v) is 3.47. The van der Waals surface area contributed by atoms with Gasteiger partial charge < -0.3 is 15.0 Å². The van der Waals surface area contributed by atoms with Crippen LogP contribution in [-0.4, -0.2) is 53.3 Å². The third-order valence-corrected chi connectivity index (χ3v) is 5.07. The van der Waals surface area contributed by atoms with Crippen molar-refractivity contribution in [3.63, 3.8) is 0 Å². The lowest BCUT2D eigenvalue weighted by molar-refractivity contribution is 0.0940. The SMILES string of the molecule is COc1ccccc1C(CNC(=O)c1cc2cnn(C(C)C)c2nc1C)N(C)C. The topological polar surface area (TPSA) is 72.3 Å². The van der Waals surface area contributed by atoms with Crippen LogP contribution in [0.2, 0.25) is 0 Å². The van der Waals surface area contributed by atoms with Gasteiger partial charge >= 0.3 is 0 Å². The Morgan fingerprint density at radius 2 is 2.00 bits per heavy atom. The molecule has 0 saturated heterocycles. The van der Waals surface area contributed by atoms with Gasteiger partial charge in [0.15, 0.2) is 5.65 Å². The number of hydrogen-bond acceptors (Lipinski definition) is 5. The third kappa shape index (κ3) is 4.24. The Kier molecular flexibility index (Phi) is 6.17. The average Bonchev–Trinajstić information content (AvgIpc) is 3.10. The van der Waals surface area contributed by atoms with Crippen molar-refractivity contribution < 1.29 is 9.53 Å². The number of nitrogens with one attached hydrogen (secondary N) is 1. The molecule has 0 aliphatic carbocycles. The highest BCUT2D eigenvalue weighted by Crippen LogP contribution is 2.27. The maximum atomic E-state index is 12.9. The number of ether oxygens (including phenoxy) is 1. The highest BCUT2D eigenvalue weighted by atomic mass is 16.5. The van der Waals surface area contributed by atoms with Gasteiger partial charge in [-0.1, -0.05) is 18.2 Å². The average molecular weight is 396 g/mol. The molecule has 29 heavy (non-hydrogen) atoms. The minimum Gasteiger partial charge on any atom is -0.496 e. The van der Waals surface area contributed by atoms with Gasteiger partial charge in [0.2, 0.25) is 0 Å². The summed E-state index contributed by atoms with van der Waals surface area (Å²) in [5, 5.41) is 8.32. The van der Waals surface area contributed by atoms with Crippen molar-refractivity contribution in [3.05, 3.63) is 53.3 Å². The Labute approximate surface area is 171 Å². The summed E-state index contributed by atoms with van der Waals surface area (Å²) in [7, 11) is 5.64. The van der Waals surface area contributed by atoms with Crippen LogP contribution >= 0.6 is 0 Å². The molecule has 0 aliphatic heterocycles. The molecule has 0 fully saturated rings. The molecule has 0 saturated carbocycles. The highest BCUT2D eigenvalue weighted by Gasteiger charge is 2.21. The normalized spacial score (nSPS) is 12.6. The number of methoxy groups -OCH3 is 1. The number of rotatable bonds is 7. The van der Waals surface area contributed by atoms with E-state index in [0.717, 1.165) is 22.3 Å². The van der Waals surface area contributed by atoms with E-state index in [0.29, 0.717) is 17.8 Å². The number of benzene rings is 1. The summed E-state index contributed by atoms with van der Waals surface area (Å²) < 4.78 is 7.37. The maximum absolute atomic E-state index is 12.9. The zero-order valence-corrected chi connectivity index (χ0v) is 17.9. The second-order valence-corrected chi connectivity index (χ2v) is 7.65. The van der Waals surface area contributed by atoms with Gasteiger partial charge in [0.25, 0.3) is 5.91 Å². The lowest BCUT2D eigenvalue weighted by Gasteiger charge is -2.26. The smallest absolute Gasteiger partial charge is 0.253 e. The number of hydrogen-bond donors (Lipinski definition) is 1. The Balaban J connectivity index is 1.83. The Morgan fingerprint density at radius 1 is 1.28 bits per heavy atom. The minimum absolute atomic E-state index is 0.0178. The van der Waals surface area contributed by atoms with Gasteiger partial charge in [-0.05, 0) is 47.0 Å². The molecule has 154 valence electrons. The number of aryl methyl sites for hydroxylation is 1. The van der Waals surface area contributed by atoms with Crippen LogP contribution in [0.3, 0.4) is 0 Å². The van der Waals surface area contributed by atoms with E-state index in [1.165, 1.54) is 0 Å². The van der Waals surface area contributed by atoms with Crippen LogP contribution in [0.5, 0.6) is 5.75 Å². The number of nitrogens with zero attached hydrogens (tertiary/aromatic N) is 4. The molecule has 7 heteroatoms. The monoisotopic (exact) mass is 395 g/mol. The molecule has 1 atom stereocenters. The fraction of sp³-hybridized carbons (Fsp3) is 0.409. The maximum Gasteiger partial charge on any atom is 0.253 e. The molecule has 1 amide bonds.